The summed E-state index contributed by atoms with van der Waals surface area (Å²) >= 11 is 12.4. The quantitative estimate of drug-likeness (QED) is 0.750. The zero-order chi connectivity index (χ0) is 20.5. The Kier molecular flexibility index (Phi) is 5.95. The summed E-state index contributed by atoms with van der Waals surface area (Å²) in [6.07, 6.45) is 2.49. The third-order valence-corrected chi connectivity index (χ3v) is 5.04. The van der Waals surface area contributed by atoms with Crippen molar-refractivity contribution in [2.24, 2.45) is 0 Å². The second-order valence-electron chi connectivity index (χ2n) is 7.69. The minimum absolute atomic E-state index is 0.124. The van der Waals surface area contributed by atoms with Crippen molar-refractivity contribution in [2.75, 3.05) is 13.1 Å². The summed E-state index contributed by atoms with van der Waals surface area (Å²) in [6, 6.07) is 3.11. The smallest absolute Gasteiger partial charge is 0.407 e. The van der Waals surface area contributed by atoms with Crippen LogP contribution in [-0.2, 0) is 4.74 Å². The molecule has 0 aliphatic carbocycles. The van der Waals surface area contributed by atoms with E-state index in [1.54, 1.807) is 37.8 Å². The maximum absolute atomic E-state index is 13.1. The molecule has 0 unspecified atom stereocenters. The molecule has 3 rings (SSSR count). The van der Waals surface area contributed by atoms with Crippen molar-refractivity contribution < 1.29 is 14.3 Å². The van der Waals surface area contributed by atoms with E-state index in [4.69, 9.17) is 27.9 Å². The molecule has 1 aliphatic rings. The van der Waals surface area contributed by atoms with Crippen LogP contribution in [0.5, 0.6) is 0 Å². The molecule has 1 N–H and O–H groups in total. The first-order valence-electron chi connectivity index (χ1n) is 9.03. The molecule has 0 spiro atoms. The topological polar surface area (TPSA) is 84.4 Å². The molecule has 9 heteroatoms. The number of hydrogen-bond acceptors (Lipinski definition) is 5. The number of nitrogens with zero attached hydrogens (tertiary/aromatic N) is 3. The molecule has 1 aliphatic heterocycles. The molecule has 2 aromatic rings. The van der Waals surface area contributed by atoms with Gasteiger partial charge in [0.25, 0.3) is 5.91 Å². The van der Waals surface area contributed by atoms with Gasteiger partial charge in [0, 0.05) is 24.5 Å². The predicted molar refractivity (Wildman–Crippen MR) is 108 cm³/mol. The third-order valence-electron chi connectivity index (χ3n) is 4.42. The fraction of sp³-hybridized carbons (Fsp3) is 0.474. The van der Waals surface area contributed by atoms with Crippen LogP contribution in [0.4, 0.5) is 4.79 Å². The van der Waals surface area contributed by atoms with E-state index in [2.05, 4.69) is 15.3 Å². The fourth-order valence-electron chi connectivity index (χ4n) is 3.19. The Hall–Kier alpha value is -2.12. The van der Waals surface area contributed by atoms with Crippen LogP contribution >= 0.6 is 23.2 Å². The minimum Gasteiger partial charge on any atom is -0.444 e. The average Bonchev–Trinajstić information content (AvgIpc) is 3.07. The van der Waals surface area contributed by atoms with E-state index in [9.17, 15) is 9.59 Å². The van der Waals surface area contributed by atoms with Crippen LogP contribution in [0.1, 0.15) is 44.0 Å². The summed E-state index contributed by atoms with van der Waals surface area (Å²) in [7, 11) is 0. The van der Waals surface area contributed by atoms with Crippen molar-refractivity contribution in [3.8, 4) is 0 Å². The van der Waals surface area contributed by atoms with Crippen molar-refractivity contribution in [3.05, 3.63) is 34.2 Å². The van der Waals surface area contributed by atoms with Crippen molar-refractivity contribution >= 4 is 46.1 Å². The van der Waals surface area contributed by atoms with Crippen LogP contribution in [0.25, 0.3) is 10.9 Å². The zero-order valence-electron chi connectivity index (χ0n) is 16.0. The van der Waals surface area contributed by atoms with Gasteiger partial charge in [0.2, 0.25) is 0 Å². The number of hydrogen-bond donors (Lipinski definition) is 1. The van der Waals surface area contributed by atoms with E-state index >= 15 is 0 Å². The van der Waals surface area contributed by atoms with E-state index in [0.717, 1.165) is 12.8 Å². The number of carbonyl (C=O) groups excluding carboxylic acids is 2. The highest BCUT2D eigenvalue weighted by molar-refractivity contribution is 6.37. The van der Waals surface area contributed by atoms with E-state index < -0.39 is 11.7 Å². The van der Waals surface area contributed by atoms with Crippen molar-refractivity contribution in [1.82, 2.24) is 20.2 Å². The maximum atomic E-state index is 13.1. The number of aromatic nitrogens is 2. The number of nitrogens with one attached hydrogen (secondary N) is 1. The Labute approximate surface area is 173 Å². The first-order chi connectivity index (χ1) is 13.2. The highest BCUT2D eigenvalue weighted by Gasteiger charge is 2.31. The lowest BCUT2D eigenvalue weighted by atomic mass is 10.1. The molecule has 1 aromatic heterocycles. The van der Waals surface area contributed by atoms with Gasteiger partial charge >= 0.3 is 6.09 Å². The van der Waals surface area contributed by atoms with Gasteiger partial charge in [-0.05, 0) is 45.7 Å². The molecule has 2 amide bonds. The highest BCUT2D eigenvalue weighted by atomic mass is 35.5. The van der Waals surface area contributed by atoms with Gasteiger partial charge in [-0.15, -0.1) is 0 Å². The molecule has 7 nitrogen and oxygen atoms in total. The first-order valence-corrected chi connectivity index (χ1v) is 9.79. The Balaban J connectivity index is 1.75. The number of likely N-dealkylation sites (tertiary alicyclic amines) is 1. The highest BCUT2D eigenvalue weighted by Crippen LogP contribution is 2.29. The van der Waals surface area contributed by atoms with Crippen molar-refractivity contribution in [3.63, 3.8) is 0 Å². The number of benzene rings is 1. The van der Waals surface area contributed by atoms with Crippen LogP contribution in [0.3, 0.4) is 0 Å². The Morgan fingerprint density at radius 3 is 2.75 bits per heavy atom. The number of amides is 2. The number of ether oxygens (including phenoxy) is 1. The summed E-state index contributed by atoms with van der Waals surface area (Å²) in [6.45, 7) is 6.32. The lowest BCUT2D eigenvalue weighted by Crippen LogP contribution is -2.44. The number of rotatable bonds is 3. The molecular weight excluding hydrogens is 403 g/mol. The summed E-state index contributed by atoms with van der Waals surface area (Å²) in [5, 5.41) is 3.91. The molecule has 150 valence electrons. The lowest BCUT2D eigenvalue weighted by molar-refractivity contribution is 0.0501. The lowest BCUT2D eigenvalue weighted by Gasteiger charge is -2.26. The van der Waals surface area contributed by atoms with Crippen LogP contribution < -0.4 is 5.32 Å². The normalized spacial score (nSPS) is 17.0. The second-order valence-corrected chi connectivity index (χ2v) is 8.46. The van der Waals surface area contributed by atoms with Crippen LogP contribution in [0, 0.1) is 0 Å². The molecule has 1 aromatic carbocycles. The zero-order valence-corrected chi connectivity index (χ0v) is 17.5. The van der Waals surface area contributed by atoms with Gasteiger partial charge in [0.05, 0.1) is 16.1 Å². The van der Waals surface area contributed by atoms with Crippen LogP contribution in [-0.4, -0.2) is 51.6 Å². The summed E-state index contributed by atoms with van der Waals surface area (Å²) in [5.74, 6) is -0.199. The Morgan fingerprint density at radius 1 is 1.29 bits per heavy atom. The van der Waals surface area contributed by atoms with Gasteiger partial charge in [0.1, 0.15) is 17.1 Å². The fourth-order valence-corrected chi connectivity index (χ4v) is 3.63. The first kappa shape index (κ1) is 20.6. The van der Waals surface area contributed by atoms with E-state index in [1.165, 1.54) is 6.33 Å². The number of carbonyl (C=O) groups is 2. The van der Waals surface area contributed by atoms with Crippen molar-refractivity contribution in [2.45, 2.75) is 45.3 Å². The van der Waals surface area contributed by atoms with E-state index in [0.29, 0.717) is 34.6 Å². The van der Waals surface area contributed by atoms with E-state index in [-0.39, 0.29) is 17.1 Å². The molecule has 0 radical (unpaired) electrons. The largest absolute Gasteiger partial charge is 0.444 e. The predicted octanol–water partition coefficient (Wildman–Crippen LogP) is 4.07. The number of alkyl carbamates (subject to hydrolysis) is 1. The second kappa shape index (κ2) is 8.09. The summed E-state index contributed by atoms with van der Waals surface area (Å²) in [4.78, 5) is 34.8. The van der Waals surface area contributed by atoms with Gasteiger partial charge in [-0.1, -0.05) is 23.2 Å². The van der Waals surface area contributed by atoms with Gasteiger partial charge in [-0.2, -0.15) is 0 Å². The van der Waals surface area contributed by atoms with Crippen LogP contribution in [0.2, 0.25) is 10.2 Å². The molecule has 1 atom stereocenters. The molecule has 2 heterocycles. The Bertz CT molecular complexity index is 914. The average molecular weight is 425 g/mol. The van der Waals surface area contributed by atoms with Gasteiger partial charge in [0.15, 0.2) is 0 Å². The SMILES string of the molecule is CC(C)(C)OC(=O)NC[C@H]1CCCN1C(=O)c1cc2ncnc(Cl)c2cc1Cl. The number of fused-ring (bicyclic) bond motifs is 1. The molecule has 1 saturated heterocycles. The molecule has 28 heavy (non-hydrogen) atoms. The van der Waals surface area contributed by atoms with E-state index in [1.807, 2.05) is 0 Å². The molecule has 0 saturated carbocycles. The summed E-state index contributed by atoms with van der Waals surface area (Å²) < 4.78 is 5.26. The molecular formula is C19H22Cl2N4O3. The Morgan fingerprint density at radius 2 is 2.04 bits per heavy atom. The third kappa shape index (κ3) is 4.64. The monoisotopic (exact) mass is 424 g/mol. The molecule has 1 fully saturated rings. The van der Waals surface area contributed by atoms with Crippen molar-refractivity contribution in [1.29, 1.82) is 0 Å². The van der Waals surface area contributed by atoms with Gasteiger partial charge in [-0.3, -0.25) is 4.79 Å². The number of halogens is 2. The standard InChI is InChI=1S/C19H22Cl2N4O3/c1-19(2,3)28-18(27)22-9-11-5-4-6-25(11)17(26)12-8-15-13(7-14(12)20)16(21)24-10-23-15/h7-8,10-11H,4-6,9H2,1-3H3,(H,22,27)/t11-/m1/s1. The minimum atomic E-state index is -0.572. The summed E-state index contributed by atoms with van der Waals surface area (Å²) in [5.41, 5.74) is 0.334. The van der Waals surface area contributed by atoms with Gasteiger partial charge in [-0.25, -0.2) is 14.8 Å². The molecule has 0 bridgehead atoms. The van der Waals surface area contributed by atoms with Crippen LogP contribution in [0.15, 0.2) is 18.5 Å². The maximum Gasteiger partial charge on any atom is 0.407 e. The van der Waals surface area contributed by atoms with Gasteiger partial charge < -0.3 is 15.0 Å².